The third kappa shape index (κ3) is 2.77. The van der Waals surface area contributed by atoms with E-state index in [2.05, 4.69) is 43.8 Å². The van der Waals surface area contributed by atoms with Gasteiger partial charge in [-0.05, 0) is 42.7 Å². The van der Waals surface area contributed by atoms with Gasteiger partial charge in [-0.25, -0.2) is 0 Å². The minimum atomic E-state index is 0.692. The first kappa shape index (κ1) is 13.2. The zero-order valence-electron chi connectivity index (χ0n) is 11.5. The molecule has 0 aliphatic rings. The van der Waals surface area contributed by atoms with Crippen molar-refractivity contribution in [2.24, 2.45) is 0 Å². The fourth-order valence-corrected chi connectivity index (χ4v) is 2.22. The Morgan fingerprint density at radius 2 is 2.00 bits per heavy atom. The number of allylic oxidation sites excluding steroid dienone is 1. The van der Waals surface area contributed by atoms with E-state index in [0.717, 1.165) is 24.2 Å². The molecule has 0 saturated heterocycles. The summed E-state index contributed by atoms with van der Waals surface area (Å²) in [5, 5.41) is 8.92. The Labute approximate surface area is 114 Å². The maximum atomic E-state index is 8.92. The van der Waals surface area contributed by atoms with Crippen LogP contribution in [-0.2, 0) is 0 Å². The van der Waals surface area contributed by atoms with E-state index in [9.17, 15) is 0 Å². The predicted octanol–water partition coefficient (Wildman–Crippen LogP) is 4.47. The van der Waals surface area contributed by atoms with Gasteiger partial charge in [-0.15, -0.1) is 0 Å². The second-order valence-electron chi connectivity index (χ2n) is 4.75. The Balaban J connectivity index is 2.30. The summed E-state index contributed by atoms with van der Waals surface area (Å²) in [6.45, 7) is 8.27. The van der Waals surface area contributed by atoms with Gasteiger partial charge in [0.2, 0.25) is 0 Å². The zero-order valence-corrected chi connectivity index (χ0v) is 11.5. The quantitative estimate of drug-likeness (QED) is 0.787. The average molecular weight is 250 g/mol. The Bertz CT molecular complexity index is 624. The van der Waals surface area contributed by atoms with E-state index in [1.54, 1.807) is 0 Å². The van der Waals surface area contributed by atoms with Crippen molar-refractivity contribution in [3.63, 3.8) is 0 Å². The minimum Gasteiger partial charge on any atom is -0.320 e. The van der Waals surface area contributed by atoms with Crippen LogP contribution in [0, 0.1) is 18.3 Å². The number of aryl methyl sites for hydroxylation is 1. The molecule has 2 rings (SSSR count). The first-order valence-corrected chi connectivity index (χ1v) is 6.53. The summed E-state index contributed by atoms with van der Waals surface area (Å²) in [5.41, 5.74) is 5.20. The first-order chi connectivity index (χ1) is 9.15. The van der Waals surface area contributed by atoms with Gasteiger partial charge >= 0.3 is 0 Å². The number of aromatic nitrogens is 1. The average Bonchev–Trinajstić information content (AvgIpc) is 2.80. The molecule has 1 aromatic carbocycles. The molecule has 0 fully saturated rings. The van der Waals surface area contributed by atoms with Crippen LogP contribution in [0.15, 0.2) is 43.1 Å². The highest BCUT2D eigenvalue weighted by atomic mass is 15.0. The van der Waals surface area contributed by atoms with Crippen molar-refractivity contribution in [1.82, 2.24) is 4.57 Å². The van der Waals surface area contributed by atoms with Crippen LogP contribution >= 0.6 is 0 Å². The predicted molar refractivity (Wildman–Crippen MR) is 79.2 cm³/mol. The molecule has 19 heavy (non-hydrogen) atoms. The Kier molecular flexibility index (Phi) is 3.87. The molecule has 0 radical (unpaired) electrons. The molecule has 1 aromatic heterocycles. The number of rotatable bonds is 4. The Hall–Kier alpha value is -2.27. The van der Waals surface area contributed by atoms with E-state index >= 15 is 0 Å². The van der Waals surface area contributed by atoms with E-state index in [-0.39, 0.29) is 0 Å². The second kappa shape index (κ2) is 5.58. The summed E-state index contributed by atoms with van der Waals surface area (Å²) in [7, 11) is 0. The molecule has 2 heteroatoms. The summed E-state index contributed by atoms with van der Waals surface area (Å²) in [6.07, 6.45) is 4.01. The van der Waals surface area contributed by atoms with Gasteiger partial charge in [-0.3, -0.25) is 0 Å². The van der Waals surface area contributed by atoms with Gasteiger partial charge in [0.1, 0.15) is 6.07 Å². The Morgan fingerprint density at radius 3 is 2.53 bits per heavy atom. The summed E-state index contributed by atoms with van der Waals surface area (Å²) in [5.74, 6) is 0. The van der Waals surface area contributed by atoms with Crippen LogP contribution in [0.25, 0.3) is 11.3 Å². The molecule has 0 aliphatic heterocycles. The SMILES string of the molecule is C=C(CCC)c1ccc(-n2cc(C#N)cc2C)cc1. The molecule has 1 heterocycles. The van der Waals surface area contributed by atoms with Crippen LogP contribution in [0.2, 0.25) is 0 Å². The van der Waals surface area contributed by atoms with Gasteiger partial charge in [-0.2, -0.15) is 5.26 Å². The molecule has 2 aromatic rings. The number of nitriles is 1. The van der Waals surface area contributed by atoms with Crippen LogP contribution < -0.4 is 0 Å². The van der Waals surface area contributed by atoms with Crippen LogP contribution in [0.3, 0.4) is 0 Å². The monoisotopic (exact) mass is 250 g/mol. The van der Waals surface area contributed by atoms with Gasteiger partial charge in [0, 0.05) is 17.6 Å². The third-order valence-electron chi connectivity index (χ3n) is 3.25. The van der Waals surface area contributed by atoms with Crippen molar-refractivity contribution >= 4 is 5.57 Å². The number of hydrogen-bond donors (Lipinski definition) is 0. The van der Waals surface area contributed by atoms with E-state index in [1.807, 2.05) is 23.8 Å². The van der Waals surface area contributed by atoms with Crippen molar-refractivity contribution < 1.29 is 0 Å². The van der Waals surface area contributed by atoms with Crippen molar-refractivity contribution in [3.8, 4) is 11.8 Å². The maximum absolute atomic E-state index is 8.92. The molecule has 0 amide bonds. The van der Waals surface area contributed by atoms with Crippen LogP contribution in [0.4, 0.5) is 0 Å². The van der Waals surface area contributed by atoms with Crippen molar-refractivity contribution in [1.29, 1.82) is 5.26 Å². The lowest BCUT2D eigenvalue weighted by atomic mass is 10.0. The smallest absolute Gasteiger partial charge is 0.101 e. The fourth-order valence-electron chi connectivity index (χ4n) is 2.22. The van der Waals surface area contributed by atoms with Gasteiger partial charge in [-0.1, -0.05) is 32.1 Å². The minimum absolute atomic E-state index is 0.692. The molecule has 0 saturated carbocycles. The number of benzene rings is 1. The molecule has 2 nitrogen and oxygen atoms in total. The van der Waals surface area contributed by atoms with Gasteiger partial charge < -0.3 is 4.57 Å². The van der Waals surface area contributed by atoms with Gasteiger partial charge in [0.25, 0.3) is 0 Å². The fraction of sp³-hybridized carbons (Fsp3) is 0.235. The summed E-state index contributed by atoms with van der Waals surface area (Å²) >= 11 is 0. The number of hydrogen-bond acceptors (Lipinski definition) is 1. The van der Waals surface area contributed by atoms with Crippen LogP contribution in [-0.4, -0.2) is 4.57 Å². The molecule has 0 atom stereocenters. The summed E-state index contributed by atoms with van der Waals surface area (Å²) in [6, 6.07) is 12.4. The normalized spacial score (nSPS) is 10.2. The first-order valence-electron chi connectivity index (χ1n) is 6.53. The summed E-state index contributed by atoms with van der Waals surface area (Å²) in [4.78, 5) is 0. The molecular weight excluding hydrogens is 232 g/mol. The highest BCUT2D eigenvalue weighted by molar-refractivity contribution is 5.64. The van der Waals surface area contributed by atoms with Crippen molar-refractivity contribution in [2.45, 2.75) is 26.7 Å². The van der Waals surface area contributed by atoms with E-state index in [4.69, 9.17) is 5.26 Å². The molecule has 0 aliphatic carbocycles. The maximum Gasteiger partial charge on any atom is 0.101 e. The lowest BCUT2D eigenvalue weighted by molar-refractivity contribution is 0.974. The molecule has 0 bridgehead atoms. The van der Waals surface area contributed by atoms with Crippen molar-refractivity contribution in [2.75, 3.05) is 0 Å². The van der Waals surface area contributed by atoms with E-state index in [1.165, 1.54) is 11.1 Å². The highest BCUT2D eigenvalue weighted by Crippen LogP contribution is 2.21. The highest BCUT2D eigenvalue weighted by Gasteiger charge is 2.04. The molecular formula is C17H18N2. The van der Waals surface area contributed by atoms with E-state index in [0.29, 0.717) is 5.56 Å². The Morgan fingerprint density at radius 1 is 1.32 bits per heavy atom. The molecule has 96 valence electrons. The lowest BCUT2D eigenvalue weighted by Gasteiger charge is -2.08. The van der Waals surface area contributed by atoms with Crippen molar-refractivity contribution in [3.05, 3.63) is 59.9 Å². The van der Waals surface area contributed by atoms with Crippen LogP contribution in [0.5, 0.6) is 0 Å². The lowest BCUT2D eigenvalue weighted by Crippen LogP contribution is -1.94. The number of nitrogens with zero attached hydrogens (tertiary/aromatic N) is 2. The molecule has 0 N–H and O–H groups in total. The zero-order chi connectivity index (χ0) is 13.8. The third-order valence-corrected chi connectivity index (χ3v) is 3.25. The van der Waals surface area contributed by atoms with Crippen LogP contribution in [0.1, 0.15) is 36.6 Å². The van der Waals surface area contributed by atoms with Gasteiger partial charge in [0.15, 0.2) is 0 Å². The van der Waals surface area contributed by atoms with Gasteiger partial charge in [0.05, 0.1) is 5.56 Å². The molecule has 0 unspecified atom stereocenters. The molecule has 0 spiro atoms. The van der Waals surface area contributed by atoms with E-state index < -0.39 is 0 Å². The largest absolute Gasteiger partial charge is 0.320 e. The summed E-state index contributed by atoms with van der Waals surface area (Å²) < 4.78 is 2.03. The topological polar surface area (TPSA) is 28.7 Å². The standard InChI is InChI=1S/C17H18N2/c1-4-5-13(2)16-6-8-17(9-7-16)19-12-15(11-18)10-14(19)3/h6-10,12H,2,4-5H2,1,3H3. The second-order valence-corrected chi connectivity index (χ2v) is 4.75.